The Morgan fingerprint density at radius 1 is 1.27 bits per heavy atom. The highest BCUT2D eigenvalue weighted by molar-refractivity contribution is 14.1. The van der Waals surface area contributed by atoms with E-state index < -0.39 is 0 Å². The van der Waals surface area contributed by atoms with Crippen molar-refractivity contribution in [2.75, 3.05) is 6.54 Å². The lowest BCUT2D eigenvalue weighted by molar-refractivity contribution is -0.121. The molecule has 1 aliphatic rings. The van der Waals surface area contributed by atoms with Crippen molar-refractivity contribution in [3.05, 3.63) is 50.6 Å². The number of nitrogens with zero attached hydrogens (tertiary/aromatic N) is 1. The van der Waals surface area contributed by atoms with Gasteiger partial charge in [0.05, 0.1) is 4.91 Å². The third-order valence-electron chi connectivity index (χ3n) is 3.22. The molecular weight excluding hydrogens is 429 g/mol. The minimum atomic E-state index is -0.0512. The van der Waals surface area contributed by atoms with Crippen LogP contribution in [0.5, 0.6) is 0 Å². The zero-order valence-corrected chi connectivity index (χ0v) is 15.5. The Kier molecular flexibility index (Phi) is 4.70. The number of amides is 1. The zero-order chi connectivity index (χ0) is 15.7. The second-order valence-corrected chi connectivity index (χ2v) is 7.56. The molecule has 3 nitrogen and oxygen atoms in total. The Balaban J connectivity index is 1.86. The summed E-state index contributed by atoms with van der Waals surface area (Å²) in [5.74, 6) is 1.39. The third kappa shape index (κ3) is 3.13. The summed E-state index contributed by atoms with van der Waals surface area (Å²) in [5.41, 5.74) is 1.01. The van der Waals surface area contributed by atoms with E-state index >= 15 is 0 Å². The van der Waals surface area contributed by atoms with E-state index in [-0.39, 0.29) is 5.91 Å². The van der Waals surface area contributed by atoms with Gasteiger partial charge in [-0.2, -0.15) is 0 Å². The number of halogens is 1. The molecule has 2 aromatic rings. The molecule has 0 aliphatic carbocycles. The van der Waals surface area contributed by atoms with Crippen LogP contribution in [0.3, 0.4) is 0 Å². The molecule has 1 aromatic carbocycles. The number of thiocarbonyl (C=S) groups is 1. The summed E-state index contributed by atoms with van der Waals surface area (Å²) in [6, 6.07) is 11.9. The molecule has 1 aromatic heterocycles. The molecular formula is C16H12INO2S2. The van der Waals surface area contributed by atoms with Crippen molar-refractivity contribution in [2.24, 2.45) is 0 Å². The van der Waals surface area contributed by atoms with Gasteiger partial charge in [0.1, 0.15) is 15.8 Å². The van der Waals surface area contributed by atoms with Crippen molar-refractivity contribution >= 4 is 62.9 Å². The minimum absolute atomic E-state index is 0.0512. The molecule has 0 spiro atoms. The highest BCUT2D eigenvalue weighted by Gasteiger charge is 2.30. The summed E-state index contributed by atoms with van der Waals surface area (Å²) < 4.78 is 7.60. The quantitative estimate of drug-likeness (QED) is 0.390. The van der Waals surface area contributed by atoms with Crippen LogP contribution >= 0.6 is 46.6 Å². The molecule has 6 heteroatoms. The van der Waals surface area contributed by atoms with E-state index in [1.807, 2.05) is 43.3 Å². The van der Waals surface area contributed by atoms with Crippen LogP contribution in [0.1, 0.15) is 12.7 Å². The number of thioether (sulfide) groups is 1. The van der Waals surface area contributed by atoms with Crippen LogP contribution in [-0.4, -0.2) is 21.7 Å². The van der Waals surface area contributed by atoms with Crippen LogP contribution in [0.25, 0.3) is 17.4 Å². The number of rotatable bonds is 3. The maximum atomic E-state index is 12.2. The van der Waals surface area contributed by atoms with Gasteiger partial charge in [-0.15, -0.1) is 0 Å². The molecule has 1 aliphatic heterocycles. The van der Waals surface area contributed by atoms with Crippen molar-refractivity contribution in [3.8, 4) is 11.3 Å². The van der Waals surface area contributed by atoms with E-state index in [1.54, 1.807) is 11.0 Å². The highest BCUT2D eigenvalue weighted by Crippen LogP contribution is 2.33. The lowest BCUT2D eigenvalue weighted by Gasteiger charge is -2.09. The van der Waals surface area contributed by atoms with Crippen LogP contribution in [-0.2, 0) is 4.79 Å². The van der Waals surface area contributed by atoms with Crippen LogP contribution < -0.4 is 0 Å². The lowest BCUT2D eigenvalue weighted by Crippen LogP contribution is -2.27. The monoisotopic (exact) mass is 441 g/mol. The van der Waals surface area contributed by atoms with Crippen LogP contribution in [0.15, 0.2) is 45.7 Å². The van der Waals surface area contributed by atoms with Gasteiger partial charge < -0.3 is 4.42 Å². The fraction of sp³-hybridized carbons (Fsp3) is 0.125. The molecule has 3 rings (SSSR count). The maximum absolute atomic E-state index is 12.2. The predicted octanol–water partition coefficient (Wildman–Crippen LogP) is 4.77. The SMILES string of the molecule is CCN1C(=O)C(=Cc2ccc(-c3ccc(I)cc3)o2)SC1=S. The molecule has 1 amide bonds. The summed E-state index contributed by atoms with van der Waals surface area (Å²) in [7, 11) is 0. The molecule has 0 radical (unpaired) electrons. The predicted molar refractivity (Wildman–Crippen MR) is 102 cm³/mol. The van der Waals surface area contributed by atoms with Crippen LogP contribution in [0.2, 0.25) is 0 Å². The third-order valence-corrected chi connectivity index (χ3v) is 5.32. The largest absolute Gasteiger partial charge is 0.457 e. The molecule has 1 saturated heterocycles. The van der Waals surface area contributed by atoms with Gasteiger partial charge in [-0.1, -0.05) is 36.1 Å². The smallest absolute Gasteiger partial charge is 0.266 e. The van der Waals surface area contributed by atoms with Gasteiger partial charge in [0.15, 0.2) is 0 Å². The van der Waals surface area contributed by atoms with E-state index in [0.29, 0.717) is 21.5 Å². The number of likely N-dealkylation sites (N-methyl/N-ethyl adjacent to an activating group) is 1. The number of hydrogen-bond donors (Lipinski definition) is 0. The normalized spacial score (nSPS) is 16.8. The Morgan fingerprint density at radius 3 is 2.64 bits per heavy atom. The molecule has 0 saturated carbocycles. The number of carbonyl (C=O) groups is 1. The van der Waals surface area contributed by atoms with Crippen molar-refractivity contribution in [2.45, 2.75) is 6.92 Å². The summed E-state index contributed by atoms with van der Waals surface area (Å²) in [6.07, 6.45) is 1.76. The van der Waals surface area contributed by atoms with Crippen molar-refractivity contribution in [1.29, 1.82) is 0 Å². The summed E-state index contributed by atoms with van der Waals surface area (Å²) >= 11 is 8.78. The summed E-state index contributed by atoms with van der Waals surface area (Å²) in [5, 5.41) is 0. The molecule has 0 N–H and O–H groups in total. The second-order valence-electron chi connectivity index (χ2n) is 4.63. The molecule has 2 heterocycles. The number of hydrogen-bond acceptors (Lipinski definition) is 4. The van der Waals surface area contributed by atoms with Gasteiger partial charge in [-0.3, -0.25) is 9.69 Å². The van der Waals surface area contributed by atoms with Crippen molar-refractivity contribution < 1.29 is 9.21 Å². The Morgan fingerprint density at radius 2 is 2.00 bits per heavy atom. The molecule has 0 atom stereocenters. The summed E-state index contributed by atoms with van der Waals surface area (Å²) in [6.45, 7) is 2.50. The van der Waals surface area contributed by atoms with Crippen LogP contribution in [0.4, 0.5) is 0 Å². The van der Waals surface area contributed by atoms with Gasteiger partial charge in [-0.05, 0) is 53.8 Å². The fourth-order valence-corrected chi connectivity index (χ4v) is 3.83. The topological polar surface area (TPSA) is 33.5 Å². The first-order valence-electron chi connectivity index (χ1n) is 6.69. The molecule has 22 heavy (non-hydrogen) atoms. The first-order chi connectivity index (χ1) is 10.6. The zero-order valence-electron chi connectivity index (χ0n) is 11.7. The van der Waals surface area contributed by atoms with Gasteiger partial charge in [0.2, 0.25) is 0 Å². The summed E-state index contributed by atoms with van der Waals surface area (Å²) in [4.78, 5) is 14.4. The van der Waals surface area contributed by atoms with Gasteiger partial charge in [0.25, 0.3) is 5.91 Å². The average molecular weight is 441 g/mol. The van der Waals surface area contributed by atoms with Gasteiger partial charge in [0, 0.05) is 21.8 Å². The highest BCUT2D eigenvalue weighted by atomic mass is 127. The van der Waals surface area contributed by atoms with E-state index in [0.717, 1.165) is 11.3 Å². The van der Waals surface area contributed by atoms with Gasteiger partial charge in [-0.25, -0.2) is 0 Å². The molecule has 1 fully saturated rings. The molecule has 0 unspecified atom stereocenters. The number of furan rings is 1. The van der Waals surface area contributed by atoms with E-state index in [2.05, 4.69) is 22.6 Å². The molecule has 0 bridgehead atoms. The van der Waals surface area contributed by atoms with Gasteiger partial charge >= 0.3 is 0 Å². The van der Waals surface area contributed by atoms with E-state index in [1.165, 1.54) is 15.3 Å². The lowest BCUT2D eigenvalue weighted by atomic mass is 10.2. The first kappa shape index (κ1) is 15.8. The van der Waals surface area contributed by atoms with Crippen LogP contribution in [0, 0.1) is 3.57 Å². The Labute approximate surface area is 151 Å². The average Bonchev–Trinajstić information content (AvgIpc) is 3.06. The fourth-order valence-electron chi connectivity index (χ4n) is 2.10. The van der Waals surface area contributed by atoms with E-state index in [4.69, 9.17) is 16.6 Å². The first-order valence-corrected chi connectivity index (χ1v) is 9.00. The number of benzene rings is 1. The maximum Gasteiger partial charge on any atom is 0.266 e. The minimum Gasteiger partial charge on any atom is -0.457 e. The van der Waals surface area contributed by atoms with Crippen molar-refractivity contribution in [3.63, 3.8) is 0 Å². The standard InChI is InChI=1S/C16H12INO2S2/c1-2-18-15(19)14(22-16(18)21)9-12-7-8-13(20-12)10-3-5-11(17)6-4-10/h3-9H,2H2,1H3. The second kappa shape index (κ2) is 6.55. The van der Waals surface area contributed by atoms with E-state index in [9.17, 15) is 4.79 Å². The molecule has 112 valence electrons. The Bertz CT molecular complexity index is 765. The number of carbonyl (C=O) groups excluding carboxylic acids is 1. The van der Waals surface area contributed by atoms with Crippen molar-refractivity contribution in [1.82, 2.24) is 4.90 Å². The Hall–Kier alpha value is -1.12.